The highest BCUT2D eigenvalue weighted by Crippen LogP contribution is 2.42. The first kappa shape index (κ1) is 19.4. The molecule has 0 unspecified atom stereocenters. The normalized spacial score (nSPS) is 13.8. The van der Waals surface area contributed by atoms with Gasteiger partial charge in [-0.3, -0.25) is 9.59 Å². The van der Waals surface area contributed by atoms with Gasteiger partial charge in [0.25, 0.3) is 11.5 Å². The summed E-state index contributed by atoms with van der Waals surface area (Å²) in [5, 5.41) is 1.03. The second kappa shape index (κ2) is 7.51. The van der Waals surface area contributed by atoms with Crippen LogP contribution in [0.1, 0.15) is 66.9 Å². The van der Waals surface area contributed by atoms with Crippen molar-refractivity contribution in [3.63, 3.8) is 0 Å². The molecule has 1 fully saturated rings. The van der Waals surface area contributed by atoms with Crippen molar-refractivity contribution in [1.82, 2.24) is 4.57 Å². The number of aryl methyl sites for hydroxylation is 1. The second-order valence-corrected chi connectivity index (χ2v) is 8.30. The van der Waals surface area contributed by atoms with Crippen LogP contribution in [0.25, 0.3) is 10.9 Å². The maximum atomic E-state index is 13.2. The second-order valence-electron chi connectivity index (χ2n) is 8.30. The molecule has 0 spiro atoms. The summed E-state index contributed by atoms with van der Waals surface area (Å²) in [7, 11) is 1.81. The van der Waals surface area contributed by atoms with Crippen LogP contribution in [-0.4, -0.2) is 17.5 Å². The fraction of sp³-hybridized carbons (Fsp3) is 0.360. The molecule has 1 heterocycles. The molecule has 1 saturated carbocycles. The summed E-state index contributed by atoms with van der Waals surface area (Å²) in [6.07, 6.45) is 2.23. The van der Waals surface area contributed by atoms with Crippen LogP contribution in [0, 0.1) is 0 Å². The average molecular weight is 389 g/mol. The third kappa shape index (κ3) is 3.59. The van der Waals surface area contributed by atoms with Gasteiger partial charge in [0.2, 0.25) is 0 Å². The molecular weight excluding hydrogens is 360 g/mol. The van der Waals surface area contributed by atoms with Crippen molar-refractivity contribution >= 4 is 22.5 Å². The zero-order chi connectivity index (χ0) is 20.7. The highest BCUT2D eigenvalue weighted by Gasteiger charge is 2.27. The Morgan fingerprint density at radius 1 is 1.10 bits per heavy atom. The van der Waals surface area contributed by atoms with E-state index in [1.165, 1.54) is 5.56 Å². The smallest absolute Gasteiger partial charge is 0.258 e. The highest BCUT2D eigenvalue weighted by molar-refractivity contribution is 6.07. The third-order valence-electron chi connectivity index (χ3n) is 5.98. The molecule has 29 heavy (non-hydrogen) atoms. The van der Waals surface area contributed by atoms with Crippen LogP contribution in [-0.2, 0) is 6.54 Å². The summed E-state index contributed by atoms with van der Waals surface area (Å²) in [5.41, 5.74) is 4.84. The van der Waals surface area contributed by atoms with E-state index in [-0.39, 0.29) is 11.5 Å². The van der Waals surface area contributed by atoms with E-state index in [9.17, 15) is 9.59 Å². The van der Waals surface area contributed by atoms with Crippen LogP contribution in [0.2, 0.25) is 0 Å². The van der Waals surface area contributed by atoms with Gasteiger partial charge in [-0.1, -0.05) is 26.0 Å². The van der Waals surface area contributed by atoms with E-state index in [4.69, 9.17) is 0 Å². The molecule has 1 aromatic heterocycles. The molecule has 4 nitrogen and oxygen atoms in total. The Morgan fingerprint density at radius 3 is 2.38 bits per heavy atom. The van der Waals surface area contributed by atoms with Gasteiger partial charge in [-0.25, -0.2) is 0 Å². The average Bonchev–Trinajstić information content (AvgIpc) is 3.57. The number of aromatic nitrogens is 1. The van der Waals surface area contributed by atoms with E-state index in [1.54, 1.807) is 15.5 Å². The van der Waals surface area contributed by atoms with Crippen molar-refractivity contribution in [3.05, 3.63) is 75.6 Å². The number of rotatable bonds is 5. The summed E-state index contributed by atoms with van der Waals surface area (Å²) >= 11 is 0. The number of carbonyl (C=O) groups excluding carboxylic acids is 1. The van der Waals surface area contributed by atoms with Crippen LogP contribution in [0.4, 0.5) is 5.69 Å². The Kier molecular flexibility index (Phi) is 5.03. The maximum Gasteiger partial charge on any atom is 0.258 e. The molecule has 0 saturated heterocycles. The minimum Gasteiger partial charge on any atom is -0.311 e. The lowest BCUT2D eigenvalue weighted by molar-refractivity contribution is 0.0993. The molecule has 0 atom stereocenters. The van der Waals surface area contributed by atoms with Gasteiger partial charge in [0.1, 0.15) is 0 Å². The summed E-state index contributed by atoms with van der Waals surface area (Å²) < 4.78 is 1.78. The molecule has 1 aliphatic carbocycles. The fourth-order valence-electron chi connectivity index (χ4n) is 4.00. The Labute approximate surface area is 171 Å². The number of hydrogen-bond acceptors (Lipinski definition) is 2. The molecule has 150 valence electrons. The van der Waals surface area contributed by atoms with Crippen LogP contribution in [0.15, 0.2) is 53.3 Å². The first-order valence-electron chi connectivity index (χ1n) is 10.5. The molecule has 0 bridgehead atoms. The minimum absolute atomic E-state index is 0.0415. The lowest BCUT2D eigenvalue weighted by atomic mass is 10.0. The van der Waals surface area contributed by atoms with Crippen molar-refractivity contribution in [3.8, 4) is 0 Å². The van der Waals surface area contributed by atoms with Gasteiger partial charge in [0, 0.05) is 36.3 Å². The summed E-state index contributed by atoms with van der Waals surface area (Å²) in [5.74, 6) is 0.867. The number of carbonyl (C=O) groups is 1. The molecule has 4 heteroatoms. The lowest BCUT2D eigenvalue weighted by Gasteiger charge is -2.19. The van der Waals surface area contributed by atoms with Crippen molar-refractivity contribution in [2.45, 2.75) is 52.0 Å². The number of nitrogens with zero attached hydrogens (tertiary/aromatic N) is 2. The first-order chi connectivity index (χ1) is 13.9. The predicted molar refractivity (Wildman–Crippen MR) is 119 cm³/mol. The van der Waals surface area contributed by atoms with Crippen LogP contribution >= 0.6 is 0 Å². The molecule has 2 aromatic carbocycles. The Bertz CT molecular complexity index is 1120. The van der Waals surface area contributed by atoms with Crippen molar-refractivity contribution in [2.75, 3.05) is 11.9 Å². The van der Waals surface area contributed by atoms with E-state index in [0.717, 1.165) is 35.0 Å². The summed E-state index contributed by atoms with van der Waals surface area (Å²) in [6.45, 7) is 6.92. The molecule has 0 radical (unpaired) electrons. The number of benzene rings is 2. The standard InChI is InChI=1S/C25H28N2O2/c1-5-27-23-13-10-19(14-22(23)21(15-24(27)28)18-6-7-18)25(29)26(4)20-11-8-17(9-12-20)16(2)3/h8-16,18H,5-7H2,1-4H3. The quantitative estimate of drug-likeness (QED) is 0.595. The number of anilines is 1. The summed E-state index contributed by atoms with van der Waals surface area (Å²) in [4.78, 5) is 27.4. The Balaban J connectivity index is 1.73. The van der Waals surface area contributed by atoms with E-state index in [1.807, 2.05) is 44.3 Å². The van der Waals surface area contributed by atoms with E-state index in [2.05, 4.69) is 26.0 Å². The first-order valence-corrected chi connectivity index (χ1v) is 10.5. The molecule has 0 N–H and O–H groups in total. The van der Waals surface area contributed by atoms with Gasteiger partial charge < -0.3 is 9.47 Å². The minimum atomic E-state index is -0.0415. The third-order valence-corrected chi connectivity index (χ3v) is 5.98. The maximum absolute atomic E-state index is 13.2. The number of fused-ring (bicyclic) bond motifs is 1. The zero-order valence-electron chi connectivity index (χ0n) is 17.6. The van der Waals surface area contributed by atoms with Crippen LogP contribution < -0.4 is 10.5 Å². The molecule has 1 aliphatic rings. The van der Waals surface area contributed by atoms with Crippen molar-refractivity contribution in [1.29, 1.82) is 0 Å². The molecule has 0 aliphatic heterocycles. The van der Waals surface area contributed by atoms with Gasteiger partial charge >= 0.3 is 0 Å². The topological polar surface area (TPSA) is 42.3 Å². The van der Waals surface area contributed by atoms with Crippen molar-refractivity contribution in [2.24, 2.45) is 0 Å². The van der Waals surface area contributed by atoms with Gasteiger partial charge in [0.15, 0.2) is 0 Å². The molecule has 3 aromatic rings. The van der Waals surface area contributed by atoms with Gasteiger partial charge in [-0.2, -0.15) is 0 Å². The predicted octanol–water partition coefficient (Wildman–Crippen LogP) is 5.30. The highest BCUT2D eigenvalue weighted by atomic mass is 16.2. The lowest BCUT2D eigenvalue weighted by Crippen LogP contribution is -2.26. The van der Waals surface area contributed by atoms with E-state index in [0.29, 0.717) is 23.9 Å². The van der Waals surface area contributed by atoms with Crippen LogP contribution in [0.5, 0.6) is 0 Å². The SMILES string of the molecule is CCn1c(=O)cc(C2CC2)c2cc(C(=O)N(C)c3ccc(C(C)C)cc3)ccc21. The largest absolute Gasteiger partial charge is 0.311 e. The van der Waals surface area contributed by atoms with E-state index < -0.39 is 0 Å². The fourth-order valence-corrected chi connectivity index (χ4v) is 4.00. The zero-order valence-corrected chi connectivity index (χ0v) is 17.6. The number of hydrogen-bond donors (Lipinski definition) is 0. The van der Waals surface area contributed by atoms with E-state index >= 15 is 0 Å². The van der Waals surface area contributed by atoms with Gasteiger partial charge in [-0.05, 0) is 73.1 Å². The van der Waals surface area contributed by atoms with Gasteiger partial charge in [0.05, 0.1) is 5.52 Å². The van der Waals surface area contributed by atoms with Crippen molar-refractivity contribution < 1.29 is 4.79 Å². The monoisotopic (exact) mass is 388 g/mol. The van der Waals surface area contributed by atoms with Gasteiger partial charge in [-0.15, -0.1) is 0 Å². The number of pyridine rings is 1. The molecule has 1 amide bonds. The number of amides is 1. The Morgan fingerprint density at radius 2 is 1.79 bits per heavy atom. The van der Waals surface area contributed by atoms with Crippen LogP contribution in [0.3, 0.4) is 0 Å². The Hall–Kier alpha value is -2.88. The summed E-state index contributed by atoms with van der Waals surface area (Å²) in [6, 6.07) is 15.7. The molecule has 4 rings (SSSR count). The molecular formula is C25H28N2O2.